The Balaban J connectivity index is 3.46. The van der Waals surface area contributed by atoms with Crippen LogP contribution in [0.5, 0.6) is 0 Å². The van der Waals surface area contributed by atoms with Crippen molar-refractivity contribution in [2.75, 3.05) is 27.2 Å². The van der Waals surface area contributed by atoms with Gasteiger partial charge in [0.05, 0.1) is 0 Å². The van der Waals surface area contributed by atoms with Crippen LogP contribution >= 0.6 is 0 Å². The summed E-state index contributed by atoms with van der Waals surface area (Å²) in [4.78, 5) is 13.2. The molecular weight excluding hydrogens is 166 g/mol. The number of carbonyl (C=O) groups is 1. The highest BCUT2D eigenvalue weighted by Gasteiger charge is 2.05. The molecule has 4 nitrogen and oxygen atoms in total. The van der Waals surface area contributed by atoms with Crippen molar-refractivity contribution in [2.45, 2.75) is 26.3 Å². The molecule has 1 atom stereocenters. The lowest BCUT2D eigenvalue weighted by atomic mass is 10.3. The maximum absolute atomic E-state index is 11.1. The Labute approximate surface area is 80.7 Å². The molecule has 0 aliphatic heterocycles. The van der Waals surface area contributed by atoms with Crippen LogP contribution in [0, 0.1) is 0 Å². The SMILES string of the molecule is CCCNC(=O)NCC(C)N(C)C. The third-order valence-electron chi connectivity index (χ3n) is 1.98. The van der Waals surface area contributed by atoms with Gasteiger partial charge >= 0.3 is 6.03 Å². The molecule has 2 N–H and O–H groups in total. The fourth-order valence-electron chi connectivity index (χ4n) is 0.724. The topological polar surface area (TPSA) is 44.4 Å². The third-order valence-corrected chi connectivity index (χ3v) is 1.98. The molecule has 0 aromatic carbocycles. The van der Waals surface area contributed by atoms with Crippen LogP contribution in [0.3, 0.4) is 0 Å². The summed E-state index contributed by atoms with van der Waals surface area (Å²) in [7, 11) is 3.99. The minimum atomic E-state index is -0.0736. The average molecular weight is 187 g/mol. The zero-order valence-electron chi connectivity index (χ0n) is 9.05. The van der Waals surface area contributed by atoms with Gasteiger partial charge in [-0.15, -0.1) is 0 Å². The van der Waals surface area contributed by atoms with Gasteiger partial charge < -0.3 is 15.5 Å². The second kappa shape index (κ2) is 6.71. The predicted molar refractivity (Wildman–Crippen MR) is 54.8 cm³/mol. The summed E-state index contributed by atoms with van der Waals surface area (Å²) in [6.45, 7) is 5.52. The van der Waals surface area contributed by atoms with Crippen LogP contribution in [-0.4, -0.2) is 44.2 Å². The van der Waals surface area contributed by atoms with Crippen LogP contribution in [0.25, 0.3) is 0 Å². The molecule has 13 heavy (non-hydrogen) atoms. The lowest BCUT2D eigenvalue weighted by Gasteiger charge is -2.19. The van der Waals surface area contributed by atoms with Crippen molar-refractivity contribution < 1.29 is 4.79 Å². The zero-order valence-corrected chi connectivity index (χ0v) is 9.05. The van der Waals surface area contributed by atoms with Crippen LogP contribution in [0.4, 0.5) is 4.79 Å². The van der Waals surface area contributed by atoms with Crippen LogP contribution in [0.1, 0.15) is 20.3 Å². The molecule has 0 rings (SSSR count). The van der Waals surface area contributed by atoms with E-state index in [1.807, 2.05) is 21.0 Å². The first-order valence-electron chi connectivity index (χ1n) is 4.76. The average Bonchev–Trinajstić information content (AvgIpc) is 2.10. The van der Waals surface area contributed by atoms with E-state index in [0.29, 0.717) is 12.6 Å². The largest absolute Gasteiger partial charge is 0.338 e. The summed E-state index contributed by atoms with van der Waals surface area (Å²) in [5.74, 6) is 0. The zero-order chi connectivity index (χ0) is 10.3. The summed E-state index contributed by atoms with van der Waals surface area (Å²) in [6.07, 6.45) is 0.969. The Morgan fingerprint density at radius 3 is 2.46 bits per heavy atom. The maximum Gasteiger partial charge on any atom is 0.314 e. The van der Waals surface area contributed by atoms with E-state index in [-0.39, 0.29) is 6.03 Å². The minimum Gasteiger partial charge on any atom is -0.338 e. The first-order valence-corrected chi connectivity index (χ1v) is 4.76. The normalized spacial score (nSPS) is 12.7. The number of nitrogens with one attached hydrogen (secondary N) is 2. The van der Waals surface area contributed by atoms with Crippen LogP contribution in [0.15, 0.2) is 0 Å². The van der Waals surface area contributed by atoms with E-state index in [1.165, 1.54) is 0 Å². The van der Waals surface area contributed by atoms with E-state index in [9.17, 15) is 4.79 Å². The van der Waals surface area contributed by atoms with Gasteiger partial charge in [-0.05, 0) is 27.4 Å². The molecular formula is C9H21N3O. The van der Waals surface area contributed by atoms with Crippen LogP contribution in [-0.2, 0) is 0 Å². The second-order valence-electron chi connectivity index (χ2n) is 3.45. The van der Waals surface area contributed by atoms with E-state index < -0.39 is 0 Å². The molecule has 0 aromatic heterocycles. The van der Waals surface area contributed by atoms with E-state index in [1.54, 1.807) is 0 Å². The molecule has 2 amide bonds. The highest BCUT2D eigenvalue weighted by atomic mass is 16.2. The molecule has 0 fully saturated rings. The van der Waals surface area contributed by atoms with E-state index in [4.69, 9.17) is 0 Å². The third kappa shape index (κ3) is 6.40. The Kier molecular flexibility index (Phi) is 6.32. The van der Waals surface area contributed by atoms with Gasteiger partial charge in [-0.2, -0.15) is 0 Å². The smallest absolute Gasteiger partial charge is 0.314 e. The number of nitrogens with zero attached hydrogens (tertiary/aromatic N) is 1. The first-order chi connectivity index (χ1) is 6.07. The molecule has 4 heteroatoms. The number of likely N-dealkylation sites (N-methyl/N-ethyl adjacent to an activating group) is 1. The highest BCUT2D eigenvalue weighted by Crippen LogP contribution is 1.87. The van der Waals surface area contributed by atoms with Crippen molar-refractivity contribution in [1.29, 1.82) is 0 Å². The maximum atomic E-state index is 11.1. The number of rotatable bonds is 5. The van der Waals surface area contributed by atoms with Crippen molar-refractivity contribution in [1.82, 2.24) is 15.5 Å². The molecule has 0 bridgehead atoms. The predicted octanol–water partition coefficient (Wildman–Crippen LogP) is 0.646. The number of hydrogen-bond acceptors (Lipinski definition) is 2. The second-order valence-corrected chi connectivity index (χ2v) is 3.45. The quantitative estimate of drug-likeness (QED) is 0.663. The minimum absolute atomic E-state index is 0.0736. The molecule has 0 aromatic rings. The van der Waals surface area contributed by atoms with Gasteiger partial charge in [-0.25, -0.2) is 4.79 Å². The summed E-state index contributed by atoms with van der Waals surface area (Å²) in [5.41, 5.74) is 0. The Hall–Kier alpha value is -0.770. The van der Waals surface area contributed by atoms with Gasteiger partial charge in [0.2, 0.25) is 0 Å². The number of hydrogen-bond donors (Lipinski definition) is 2. The molecule has 0 aliphatic rings. The molecule has 0 heterocycles. The van der Waals surface area contributed by atoms with Crippen molar-refractivity contribution in [2.24, 2.45) is 0 Å². The fourth-order valence-corrected chi connectivity index (χ4v) is 0.724. The van der Waals surface area contributed by atoms with Gasteiger partial charge in [0, 0.05) is 19.1 Å². The van der Waals surface area contributed by atoms with E-state index in [0.717, 1.165) is 13.0 Å². The van der Waals surface area contributed by atoms with E-state index >= 15 is 0 Å². The molecule has 1 unspecified atom stereocenters. The number of amides is 2. The Morgan fingerprint density at radius 2 is 2.00 bits per heavy atom. The van der Waals surface area contributed by atoms with Gasteiger partial charge in [0.15, 0.2) is 0 Å². The molecule has 0 aliphatic carbocycles. The number of carbonyl (C=O) groups excluding carboxylic acids is 1. The van der Waals surface area contributed by atoms with Crippen LogP contribution in [0.2, 0.25) is 0 Å². The van der Waals surface area contributed by atoms with Gasteiger partial charge in [0.1, 0.15) is 0 Å². The molecule has 0 saturated carbocycles. The Morgan fingerprint density at radius 1 is 1.38 bits per heavy atom. The van der Waals surface area contributed by atoms with Crippen molar-refractivity contribution in [3.8, 4) is 0 Å². The molecule has 0 radical (unpaired) electrons. The van der Waals surface area contributed by atoms with Gasteiger partial charge in [-0.3, -0.25) is 0 Å². The summed E-state index contributed by atoms with van der Waals surface area (Å²) in [6, 6.07) is 0.294. The van der Waals surface area contributed by atoms with Crippen molar-refractivity contribution in [3.05, 3.63) is 0 Å². The lowest BCUT2D eigenvalue weighted by Crippen LogP contribution is -2.43. The summed E-state index contributed by atoms with van der Waals surface area (Å²) < 4.78 is 0. The van der Waals surface area contributed by atoms with Gasteiger partial charge in [0.25, 0.3) is 0 Å². The highest BCUT2D eigenvalue weighted by molar-refractivity contribution is 5.73. The van der Waals surface area contributed by atoms with Crippen LogP contribution < -0.4 is 10.6 Å². The van der Waals surface area contributed by atoms with Crippen molar-refractivity contribution >= 4 is 6.03 Å². The molecule has 78 valence electrons. The van der Waals surface area contributed by atoms with Gasteiger partial charge in [-0.1, -0.05) is 6.92 Å². The van der Waals surface area contributed by atoms with Crippen molar-refractivity contribution in [3.63, 3.8) is 0 Å². The first kappa shape index (κ1) is 12.2. The Bertz CT molecular complexity index is 148. The summed E-state index contributed by atoms with van der Waals surface area (Å²) in [5, 5.41) is 5.56. The summed E-state index contributed by atoms with van der Waals surface area (Å²) >= 11 is 0. The van der Waals surface area contributed by atoms with E-state index in [2.05, 4.69) is 22.5 Å². The fraction of sp³-hybridized carbons (Fsp3) is 0.889. The molecule has 0 spiro atoms. The molecule has 0 saturated heterocycles. The number of urea groups is 1. The monoisotopic (exact) mass is 187 g/mol. The lowest BCUT2D eigenvalue weighted by molar-refractivity contribution is 0.234. The standard InChI is InChI=1S/C9H21N3O/c1-5-6-10-9(13)11-7-8(2)12(3)4/h8H,5-7H2,1-4H3,(H2,10,11,13).